The fraction of sp³-hybridized carbons (Fsp3) is 0.263. The SMILES string of the molecule is COCc1nn2c(C(=O)NC3Cc4ccc(F)cc4C3)ccnc2c1C(N)=O. The molecule has 8 nitrogen and oxygen atoms in total. The normalized spacial score (nSPS) is 15.6. The van der Waals surface area contributed by atoms with Crippen LogP contribution in [0.1, 0.15) is 37.7 Å². The van der Waals surface area contributed by atoms with Crippen LogP contribution in [-0.2, 0) is 24.2 Å². The van der Waals surface area contributed by atoms with Gasteiger partial charge in [0.15, 0.2) is 5.65 Å². The van der Waals surface area contributed by atoms with E-state index in [2.05, 4.69) is 15.4 Å². The number of primary amides is 1. The number of methoxy groups -OCH3 is 1. The van der Waals surface area contributed by atoms with Gasteiger partial charge in [0, 0.05) is 19.3 Å². The Hall–Kier alpha value is -3.33. The number of carbonyl (C=O) groups excluding carboxylic acids is 2. The quantitative estimate of drug-likeness (QED) is 0.683. The third-order valence-corrected chi connectivity index (χ3v) is 4.79. The molecule has 28 heavy (non-hydrogen) atoms. The highest BCUT2D eigenvalue weighted by molar-refractivity contribution is 6.01. The molecule has 1 aliphatic rings. The van der Waals surface area contributed by atoms with E-state index < -0.39 is 5.91 Å². The summed E-state index contributed by atoms with van der Waals surface area (Å²) in [6.45, 7) is 0.0617. The Bertz CT molecular complexity index is 1090. The van der Waals surface area contributed by atoms with E-state index in [1.807, 2.05) is 0 Å². The molecule has 1 aromatic carbocycles. The molecule has 0 saturated carbocycles. The van der Waals surface area contributed by atoms with Crippen LogP contribution in [0.25, 0.3) is 5.65 Å². The van der Waals surface area contributed by atoms with Crippen LogP contribution < -0.4 is 11.1 Å². The number of halogens is 1. The number of aromatic nitrogens is 3. The summed E-state index contributed by atoms with van der Waals surface area (Å²) in [5, 5.41) is 7.23. The molecule has 2 heterocycles. The number of nitrogens with one attached hydrogen (secondary N) is 1. The lowest BCUT2D eigenvalue weighted by Crippen LogP contribution is -2.36. The van der Waals surface area contributed by atoms with Gasteiger partial charge < -0.3 is 15.8 Å². The topological polar surface area (TPSA) is 112 Å². The lowest BCUT2D eigenvalue weighted by Gasteiger charge is -2.12. The highest BCUT2D eigenvalue weighted by Crippen LogP contribution is 2.23. The van der Waals surface area contributed by atoms with Crippen molar-refractivity contribution >= 4 is 17.5 Å². The van der Waals surface area contributed by atoms with Crippen LogP contribution in [0.4, 0.5) is 4.39 Å². The van der Waals surface area contributed by atoms with Gasteiger partial charge in [-0.15, -0.1) is 0 Å². The van der Waals surface area contributed by atoms with Crippen molar-refractivity contribution in [1.82, 2.24) is 19.9 Å². The number of hydrogen-bond donors (Lipinski definition) is 2. The maximum absolute atomic E-state index is 13.4. The minimum Gasteiger partial charge on any atom is -0.378 e. The zero-order valence-corrected chi connectivity index (χ0v) is 15.1. The molecule has 144 valence electrons. The Balaban J connectivity index is 1.63. The summed E-state index contributed by atoms with van der Waals surface area (Å²) in [7, 11) is 1.47. The summed E-state index contributed by atoms with van der Waals surface area (Å²) in [5.74, 6) is -1.35. The van der Waals surface area contributed by atoms with Gasteiger partial charge in [-0.1, -0.05) is 6.07 Å². The van der Waals surface area contributed by atoms with E-state index in [-0.39, 0.29) is 41.3 Å². The van der Waals surface area contributed by atoms with Crippen LogP contribution >= 0.6 is 0 Å². The molecule has 1 atom stereocenters. The molecule has 1 unspecified atom stereocenters. The predicted molar refractivity (Wildman–Crippen MR) is 97.3 cm³/mol. The Morgan fingerprint density at radius 2 is 2.11 bits per heavy atom. The molecule has 2 amide bonds. The van der Waals surface area contributed by atoms with Gasteiger partial charge in [0.1, 0.15) is 22.8 Å². The number of nitrogens with two attached hydrogens (primary N) is 1. The van der Waals surface area contributed by atoms with Crippen LogP contribution in [0, 0.1) is 5.82 Å². The molecular weight excluding hydrogens is 365 g/mol. The van der Waals surface area contributed by atoms with Crippen LogP contribution in [0.2, 0.25) is 0 Å². The van der Waals surface area contributed by atoms with Crippen LogP contribution in [0.3, 0.4) is 0 Å². The first kappa shape index (κ1) is 18.1. The second-order valence-corrected chi connectivity index (χ2v) is 6.68. The molecule has 2 aromatic heterocycles. The number of fused-ring (bicyclic) bond motifs is 2. The summed E-state index contributed by atoms with van der Waals surface area (Å²) in [6.07, 6.45) is 2.59. The number of nitrogens with zero attached hydrogens (tertiary/aromatic N) is 3. The lowest BCUT2D eigenvalue weighted by atomic mass is 10.1. The van der Waals surface area contributed by atoms with Crippen molar-refractivity contribution in [2.24, 2.45) is 5.73 Å². The minimum atomic E-state index is -0.694. The minimum absolute atomic E-state index is 0.0617. The first-order valence-electron chi connectivity index (χ1n) is 8.71. The van der Waals surface area contributed by atoms with Crippen molar-refractivity contribution in [3.8, 4) is 0 Å². The molecule has 1 aliphatic carbocycles. The molecule has 9 heteroatoms. The van der Waals surface area contributed by atoms with Crippen molar-refractivity contribution in [1.29, 1.82) is 0 Å². The zero-order chi connectivity index (χ0) is 19.8. The van der Waals surface area contributed by atoms with Crippen molar-refractivity contribution in [2.45, 2.75) is 25.5 Å². The maximum atomic E-state index is 13.4. The van der Waals surface area contributed by atoms with Gasteiger partial charge in [-0.25, -0.2) is 13.9 Å². The molecule has 4 rings (SSSR count). The van der Waals surface area contributed by atoms with Gasteiger partial charge in [0.25, 0.3) is 11.8 Å². The first-order valence-corrected chi connectivity index (χ1v) is 8.71. The second kappa shape index (κ2) is 7.01. The van der Waals surface area contributed by atoms with Crippen molar-refractivity contribution in [2.75, 3.05) is 7.11 Å². The lowest BCUT2D eigenvalue weighted by molar-refractivity contribution is 0.0929. The third-order valence-electron chi connectivity index (χ3n) is 4.79. The number of hydrogen-bond acceptors (Lipinski definition) is 5. The van der Waals surface area contributed by atoms with Crippen LogP contribution in [0.15, 0.2) is 30.5 Å². The monoisotopic (exact) mass is 383 g/mol. The fourth-order valence-electron chi connectivity index (χ4n) is 3.60. The molecular formula is C19H18FN5O3. The Labute approximate surface area is 159 Å². The van der Waals surface area contributed by atoms with E-state index >= 15 is 0 Å². The molecule has 3 N–H and O–H groups in total. The number of benzene rings is 1. The molecule has 0 bridgehead atoms. The molecule has 0 aliphatic heterocycles. The van der Waals surface area contributed by atoms with Crippen LogP contribution in [0.5, 0.6) is 0 Å². The van der Waals surface area contributed by atoms with Gasteiger partial charge in [-0.2, -0.15) is 5.10 Å². The smallest absolute Gasteiger partial charge is 0.270 e. The molecule has 0 fully saturated rings. The number of rotatable bonds is 5. The number of ether oxygens (including phenoxy) is 1. The van der Waals surface area contributed by atoms with E-state index in [9.17, 15) is 14.0 Å². The van der Waals surface area contributed by atoms with Gasteiger partial charge in [0.2, 0.25) is 0 Å². The summed E-state index contributed by atoms with van der Waals surface area (Å²) < 4.78 is 19.8. The summed E-state index contributed by atoms with van der Waals surface area (Å²) in [4.78, 5) is 28.8. The second-order valence-electron chi connectivity index (χ2n) is 6.68. The van der Waals surface area contributed by atoms with Crippen molar-refractivity contribution in [3.05, 3.63) is 64.4 Å². The van der Waals surface area contributed by atoms with Crippen molar-refractivity contribution in [3.63, 3.8) is 0 Å². The summed E-state index contributed by atoms with van der Waals surface area (Å²) in [6, 6.07) is 6.01. The van der Waals surface area contributed by atoms with Gasteiger partial charge in [-0.3, -0.25) is 9.59 Å². The van der Waals surface area contributed by atoms with Gasteiger partial charge in [0.05, 0.1) is 6.61 Å². The maximum Gasteiger partial charge on any atom is 0.270 e. The number of amides is 2. The van der Waals surface area contributed by atoms with E-state index in [0.717, 1.165) is 11.1 Å². The predicted octanol–water partition coefficient (Wildman–Crippen LogP) is 1.01. The largest absolute Gasteiger partial charge is 0.378 e. The van der Waals surface area contributed by atoms with E-state index in [0.29, 0.717) is 18.5 Å². The van der Waals surface area contributed by atoms with Gasteiger partial charge >= 0.3 is 0 Å². The van der Waals surface area contributed by atoms with Gasteiger partial charge in [-0.05, 0) is 42.2 Å². The Morgan fingerprint density at radius 1 is 1.32 bits per heavy atom. The highest BCUT2D eigenvalue weighted by atomic mass is 19.1. The van der Waals surface area contributed by atoms with Crippen molar-refractivity contribution < 1.29 is 18.7 Å². The fourth-order valence-corrected chi connectivity index (χ4v) is 3.60. The van der Waals surface area contributed by atoms with E-state index in [1.54, 1.807) is 6.07 Å². The zero-order valence-electron chi connectivity index (χ0n) is 15.1. The van der Waals surface area contributed by atoms with E-state index in [4.69, 9.17) is 10.5 Å². The molecule has 0 saturated heterocycles. The Kier molecular flexibility index (Phi) is 4.52. The van der Waals surface area contributed by atoms with Crippen LogP contribution in [-0.4, -0.2) is 39.6 Å². The standard InChI is InChI=1S/C19H18FN5O3/c1-28-9-14-16(17(21)26)18-22-5-4-15(25(18)24-14)19(27)23-13-7-10-2-3-12(20)6-11(10)8-13/h2-6,13H,7-9H2,1H3,(H2,21,26)(H,23,27). The summed E-state index contributed by atoms with van der Waals surface area (Å²) in [5.41, 5.74) is 8.22. The average Bonchev–Trinajstić information content (AvgIpc) is 3.21. The summed E-state index contributed by atoms with van der Waals surface area (Å²) >= 11 is 0. The van der Waals surface area contributed by atoms with E-state index in [1.165, 1.54) is 36.0 Å². The molecule has 3 aromatic rings. The average molecular weight is 383 g/mol. The molecule has 0 spiro atoms. The third kappa shape index (κ3) is 3.09. The number of carbonyl (C=O) groups is 2. The molecule has 0 radical (unpaired) electrons. The Morgan fingerprint density at radius 3 is 2.86 bits per heavy atom. The first-order chi connectivity index (χ1) is 13.5. The highest BCUT2D eigenvalue weighted by Gasteiger charge is 2.26.